The molecule has 0 spiro atoms. The van der Waals surface area contributed by atoms with E-state index in [1.165, 1.54) is 23.1 Å². The third-order valence-corrected chi connectivity index (χ3v) is 3.75. The summed E-state index contributed by atoms with van der Waals surface area (Å²) in [4.78, 5) is 15.0. The fourth-order valence-electron chi connectivity index (χ4n) is 1.42. The van der Waals surface area contributed by atoms with Gasteiger partial charge < -0.3 is 5.73 Å². The summed E-state index contributed by atoms with van der Waals surface area (Å²) in [5, 5.41) is 0.727. The van der Waals surface area contributed by atoms with E-state index >= 15 is 0 Å². The van der Waals surface area contributed by atoms with Crippen molar-refractivity contribution in [3.05, 3.63) is 29.8 Å². The lowest BCUT2D eigenvalue weighted by Crippen LogP contribution is -1.82. The fraction of sp³-hybridized carbons (Fsp3) is 0.167. The summed E-state index contributed by atoms with van der Waals surface area (Å²) >= 11 is 2.79. The van der Waals surface area contributed by atoms with Crippen LogP contribution in [0.5, 0.6) is 0 Å². The van der Waals surface area contributed by atoms with Gasteiger partial charge >= 0.3 is 0 Å². The zero-order valence-electron chi connectivity index (χ0n) is 9.34. The van der Waals surface area contributed by atoms with Crippen molar-refractivity contribution in [1.82, 2.24) is 4.98 Å². The van der Waals surface area contributed by atoms with Crippen LogP contribution in [0.1, 0.15) is 12.5 Å². The maximum atomic E-state index is 10.7. The van der Waals surface area contributed by atoms with Crippen molar-refractivity contribution in [2.45, 2.75) is 6.92 Å². The van der Waals surface area contributed by atoms with Gasteiger partial charge in [0, 0.05) is 12.7 Å². The molecule has 5 heteroatoms. The van der Waals surface area contributed by atoms with E-state index in [9.17, 15) is 4.79 Å². The van der Waals surface area contributed by atoms with Gasteiger partial charge in [-0.2, -0.15) is 0 Å². The standard InChI is InChI=1S/C12H12N2OS2/c1-8(15)16-6-2-3-9-4-5-11-10(7-9)14-12(13)17-11/h2-5,7H,6H2,1H3,(H2,13,14). The highest BCUT2D eigenvalue weighted by atomic mass is 32.2. The summed E-state index contributed by atoms with van der Waals surface area (Å²) in [6.45, 7) is 1.57. The first kappa shape index (κ1) is 12.1. The largest absolute Gasteiger partial charge is 0.375 e. The third kappa shape index (κ3) is 3.31. The molecule has 0 amide bonds. The highest BCUT2D eigenvalue weighted by Gasteiger charge is 2.00. The number of fused-ring (bicyclic) bond motifs is 1. The van der Waals surface area contributed by atoms with Crippen LogP contribution in [0.25, 0.3) is 16.3 Å². The maximum absolute atomic E-state index is 10.7. The van der Waals surface area contributed by atoms with Gasteiger partial charge in [-0.05, 0) is 17.7 Å². The Morgan fingerprint density at radius 2 is 2.41 bits per heavy atom. The highest BCUT2D eigenvalue weighted by Crippen LogP contribution is 2.24. The predicted octanol–water partition coefficient (Wildman–Crippen LogP) is 3.17. The predicted molar refractivity (Wildman–Crippen MR) is 76.2 cm³/mol. The van der Waals surface area contributed by atoms with E-state index in [0.29, 0.717) is 10.9 Å². The molecule has 1 heterocycles. The zero-order chi connectivity index (χ0) is 12.3. The van der Waals surface area contributed by atoms with Gasteiger partial charge in [-0.1, -0.05) is 41.3 Å². The Labute approximate surface area is 108 Å². The van der Waals surface area contributed by atoms with Crippen LogP contribution in [-0.4, -0.2) is 15.9 Å². The maximum Gasteiger partial charge on any atom is 0.186 e. The van der Waals surface area contributed by atoms with Gasteiger partial charge in [0.1, 0.15) is 0 Å². The van der Waals surface area contributed by atoms with Crippen LogP contribution in [-0.2, 0) is 4.79 Å². The molecule has 17 heavy (non-hydrogen) atoms. The second-order valence-electron chi connectivity index (χ2n) is 3.48. The number of rotatable bonds is 3. The summed E-state index contributed by atoms with van der Waals surface area (Å²) in [6.07, 6.45) is 3.97. The van der Waals surface area contributed by atoms with Gasteiger partial charge in [-0.15, -0.1) is 0 Å². The Kier molecular flexibility index (Phi) is 3.81. The summed E-state index contributed by atoms with van der Waals surface area (Å²) in [6, 6.07) is 6.03. The van der Waals surface area contributed by atoms with Gasteiger partial charge in [-0.3, -0.25) is 4.79 Å². The van der Waals surface area contributed by atoms with Gasteiger partial charge in [0.2, 0.25) is 0 Å². The fourth-order valence-corrected chi connectivity index (χ4v) is 2.56. The number of thiazole rings is 1. The Morgan fingerprint density at radius 1 is 1.59 bits per heavy atom. The summed E-state index contributed by atoms with van der Waals surface area (Å²) in [5.41, 5.74) is 7.64. The Balaban J connectivity index is 2.10. The first-order chi connectivity index (χ1) is 8.15. The number of nitrogens with two attached hydrogens (primary N) is 1. The minimum Gasteiger partial charge on any atom is -0.375 e. The van der Waals surface area contributed by atoms with E-state index < -0.39 is 0 Å². The zero-order valence-corrected chi connectivity index (χ0v) is 11.0. The van der Waals surface area contributed by atoms with E-state index in [1.54, 1.807) is 6.92 Å². The summed E-state index contributed by atoms with van der Waals surface area (Å²) in [7, 11) is 0. The molecule has 1 aromatic carbocycles. The van der Waals surface area contributed by atoms with E-state index in [4.69, 9.17) is 5.73 Å². The van der Waals surface area contributed by atoms with Gasteiger partial charge in [0.05, 0.1) is 10.2 Å². The van der Waals surface area contributed by atoms with Gasteiger partial charge in [0.15, 0.2) is 10.2 Å². The average molecular weight is 264 g/mol. The van der Waals surface area contributed by atoms with Crippen molar-refractivity contribution >= 4 is 49.6 Å². The van der Waals surface area contributed by atoms with Crippen LogP contribution in [0.3, 0.4) is 0 Å². The molecular weight excluding hydrogens is 252 g/mol. The third-order valence-electron chi connectivity index (χ3n) is 2.12. The highest BCUT2D eigenvalue weighted by molar-refractivity contribution is 8.13. The Morgan fingerprint density at radius 3 is 3.18 bits per heavy atom. The molecule has 0 aliphatic carbocycles. The lowest BCUT2D eigenvalue weighted by molar-refractivity contribution is -0.109. The molecule has 0 saturated heterocycles. The van der Waals surface area contributed by atoms with Crippen LogP contribution >= 0.6 is 23.1 Å². The summed E-state index contributed by atoms with van der Waals surface area (Å²) in [5.74, 6) is 0.701. The van der Waals surface area contributed by atoms with E-state index in [0.717, 1.165) is 15.8 Å². The number of benzene rings is 1. The second-order valence-corrected chi connectivity index (χ2v) is 5.74. The van der Waals surface area contributed by atoms with Gasteiger partial charge in [-0.25, -0.2) is 4.98 Å². The Hall–Kier alpha value is -1.33. The van der Waals surface area contributed by atoms with Crippen molar-refractivity contribution in [2.24, 2.45) is 0 Å². The SMILES string of the molecule is CC(=O)SCC=Cc1ccc2sc(N)nc2c1. The molecule has 0 radical (unpaired) electrons. The van der Waals surface area contributed by atoms with Crippen LogP contribution in [0.2, 0.25) is 0 Å². The van der Waals surface area contributed by atoms with Crippen molar-refractivity contribution < 1.29 is 4.79 Å². The number of aromatic nitrogens is 1. The van der Waals surface area contributed by atoms with Crippen LogP contribution < -0.4 is 5.73 Å². The number of carbonyl (C=O) groups is 1. The molecule has 1 aromatic heterocycles. The van der Waals surface area contributed by atoms with E-state index in [2.05, 4.69) is 4.98 Å². The quantitative estimate of drug-likeness (QED) is 0.925. The molecule has 0 saturated carbocycles. The monoisotopic (exact) mass is 264 g/mol. The molecule has 0 fully saturated rings. The van der Waals surface area contributed by atoms with Crippen molar-refractivity contribution in [3.63, 3.8) is 0 Å². The second kappa shape index (κ2) is 5.33. The smallest absolute Gasteiger partial charge is 0.186 e. The lowest BCUT2D eigenvalue weighted by atomic mass is 10.2. The molecule has 0 atom stereocenters. The molecular formula is C12H12N2OS2. The van der Waals surface area contributed by atoms with Gasteiger partial charge in [0.25, 0.3) is 0 Å². The molecule has 0 aliphatic rings. The van der Waals surface area contributed by atoms with Crippen LogP contribution in [0, 0.1) is 0 Å². The van der Waals surface area contributed by atoms with E-state index in [-0.39, 0.29) is 5.12 Å². The minimum atomic E-state index is 0.136. The molecule has 2 rings (SSSR count). The Bertz CT molecular complexity index is 575. The van der Waals surface area contributed by atoms with Crippen LogP contribution in [0.4, 0.5) is 5.13 Å². The first-order valence-corrected chi connectivity index (χ1v) is 6.91. The van der Waals surface area contributed by atoms with Crippen LogP contribution in [0.15, 0.2) is 24.3 Å². The number of thioether (sulfide) groups is 1. The molecule has 0 unspecified atom stereocenters. The molecule has 0 aliphatic heterocycles. The summed E-state index contributed by atoms with van der Waals surface area (Å²) < 4.78 is 1.10. The van der Waals surface area contributed by atoms with Crippen molar-refractivity contribution in [3.8, 4) is 0 Å². The number of hydrogen-bond donors (Lipinski definition) is 1. The van der Waals surface area contributed by atoms with Crippen molar-refractivity contribution in [2.75, 3.05) is 11.5 Å². The molecule has 3 nitrogen and oxygen atoms in total. The number of nitrogen functional groups attached to an aromatic ring is 1. The number of carbonyl (C=O) groups excluding carboxylic acids is 1. The normalized spacial score (nSPS) is 11.4. The lowest BCUT2D eigenvalue weighted by Gasteiger charge is -1.93. The molecule has 2 N–H and O–H groups in total. The van der Waals surface area contributed by atoms with Crippen molar-refractivity contribution in [1.29, 1.82) is 0 Å². The molecule has 2 aromatic rings. The molecule has 88 valence electrons. The molecule has 0 bridgehead atoms. The number of anilines is 1. The number of hydrogen-bond acceptors (Lipinski definition) is 5. The topological polar surface area (TPSA) is 56.0 Å². The minimum absolute atomic E-state index is 0.136. The number of nitrogens with zero attached hydrogens (tertiary/aromatic N) is 1. The van der Waals surface area contributed by atoms with E-state index in [1.807, 2.05) is 30.4 Å². The first-order valence-electron chi connectivity index (χ1n) is 5.11. The average Bonchev–Trinajstić information content (AvgIpc) is 2.63.